The maximum absolute atomic E-state index is 11.7. The van der Waals surface area contributed by atoms with Crippen LogP contribution in [0.4, 0.5) is 10.6 Å². The van der Waals surface area contributed by atoms with E-state index in [2.05, 4.69) is 32.7 Å². The standard InChI is InChI=1S/C22H21N3O3S2/c1-25(20-9-6-16(14-23-20)18-3-2-12-29-18)10-11-28-17-7-4-15(5-8-17)13-19-21(26)24-22(27)30-19/h2-9,12,14,19H,10-11,13H2,1H3,(H,24,26,27). The number of hydrogen-bond acceptors (Lipinski definition) is 7. The molecule has 1 unspecified atom stereocenters. The molecule has 1 aromatic carbocycles. The van der Waals surface area contributed by atoms with Gasteiger partial charge in [0.25, 0.3) is 5.24 Å². The van der Waals surface area contributed by atoms with Crippen LogP contribution >= 0.6 is 23.1 Å². The molecular weight excluding hydrogens is 418 g/mol. The van der Waals surface area contributed by atoms with Gasteiger partial charge in [-0.15, -0.1) is 11.3 Å². The summed E-state index contributed by atoms with van der Waals surface area (Å²) in [4.78, 5) is 30.7. The van der Waals surface area contributed by atoms with Gasteiger partial charge < -0.3 is 9.64 Å². The number of carbonyl (C=O) groups excluding carboxylic acids is 2. The second kappa shape index (κ2) is 9.32. The van der Waals surface area contributed by atoms with Crippen LogP contribution in [0, 0.1) is 0 Å². The second-order valence-corrected chi connectivity index (χ2v) is 9.01. The van der Waals surface area contributed by atoms with Crippen LogP contribution in [0.2, 0.25) is 0 Å². The predicted octanol–water partition coefficient (Wildman–Crippen LogP) is 4.22. The molecular formula is C22H21N3O3S2. The van der Waals surface area contributed by atoms with Gasteiger partial charge in [0, 0.05) is 23.7 Å². The Kier molecular flexibility index (Phi) is 6.35. The Balaban J connectivity index is 1.25. The topological polar surface area (TPSA) is 71.5 Å². The number of imide groups is 1. The average molecular weight is 440 g/mol. The molecule has 1 fully saturated rings. The Morgan fingerprint density at radius 1 is 1.13 bits per heavy atom. The van der Waals surface area contributed by atoms with Gasteiger partial charge >= 0.3 is 0 Å². The summed E-state index contributed by atoms with van der Waals surface area (Å²) < 4.78 is 5.84. The van der Waals surface area contributed by atoms with E-state index in [0.29, 0.717) is 19.6 Å². The number of ether oxygens (including phenoxy) is 1. The van der Waals surface area contributed by atoms with Crippen LogP contribution in [0.5, 0.6) is 5.75 Å². The van der Waals surface area contributed by atoms with Crippen molar-refractivity contribution in [2.75, 3.05) is 25.1 Å². The molecule has 0 bridgehead atoms. The number of thiophene rings is 1. The minimum absolute atomic E-state index is 0.217. The van der Waals surface area contributed by atoms with Crippen molar-refractivity contribution in [2.24, 2.45) is 0 Å². The summed E-state index contributed by atoms with van der Waals surface area (Å²) in [6, 6.07) is 15.9. The monoisotopic (exact) mass is 439 g/mol. The lowest BCUT2D eigenvalue weighted by atomic mass is 10.1. The molecule has 1 atom stereocenters. The molecule has 3 aromatic rings. The first-order valence-corrected chi connectivity index (χ1v) is 11.3. The molecule has 0 spiro atoms. The highest BCUT2D eigenvalue weighted by Crippen LogP contribution is 2.25. The quantitative estimate of drug-likeness (QED) is 0.567. The lowest BCUT2D eigenvalue weighted by Crippen LogP contribution is -2.25. The third-order valence-electron chi connectivity index (χ3n) is 4.75. The second-order valence-electron chi connectivity index (χ2n) is 6.88. The van der Waals surface area contributed by atoms with Crippen molar-refractivity contribution < 1.29 is 14.3 Å². The molecule has 3 heterocycles. The van der Waals surface area contributed by atoms with Crippen LogP contribution in [0.15, 0.2) is 60.1 Å². The molecule has 2 aromatic heterocycles. The van der Waals surface area contributed by atoms with Crippen molar-refractivity contribution in [3.8, 4) is 16.2 Å². The Morgan fingerprint density at radius 3 is 2.60 bits per heavy atom. The summed E-state index contributed by atoms with van der Waals surface area (Å²) in [5, 5.41) is 3.75. The Morgan fingerprint density at radius 2 is 1.97 bits per heavy atom. The number of pyridine rings is 1. The van der Waals surface area contributed by atoms with E-state index < -0.39 is 0 Å². The molecule has 0 aliphatic carbocycles. The molecule has 0 radical (unpaired) electrons. The van der Waals surface area contributed by atoms with Crippen LogP contribution < -0.4 is 15.0 Å². The van der Waals surface area contributed by atoms with E-state index in [9.17, 15) is 9.59 Å². The minimum Gasteiger partial charge on any atom is -0.492 e. The average Bonchev–Trinajstić information content (AvgIpc) is 3.39. The summed E-state index contributed by atoms with van der Waals surface area (Å²) in [7, 11) is 1.99. The first-order chi connectivity index (χ1) is 14.6. The van der Waals surface area contributed by atoms with Crippen molar-refractivity contribution in [2.45, 2.75) is 11.7 Å². The molecule has 1 N–H and O–H groups in total. The van der Waals surface area contributed by atoms with Crippen LogP contribution in [0.3, 0.4) is 0 Å². The zero-order valence-electron chi connectivity index (χ0n) is 16.4. The van der Waals surface area contributed by atoms with Crippen molar-refractivity contribution in [3.63, 3.8) is 0 Å². The smallest absolute Gasteiger partial charge is 0.286 e. The molecule has 154 valence electrons. The fourth-order valence-electron chi connectivity index (χ4n) is 3.08. The molecule has 6 nitrogen and oxygen atoms in total. The van der Waals surface area contributed by atoms with Crippen molar-refractivity contribution >= 4 is 40.1 Å². The lowest BCUT2D eigenvalue weighted by Gasteiger charge is -2.18. The van der Waals surface area contributed by atoms with Crippen LogP contribution in [0.25, 0.3) is 10.4 Å². The number of likely N-dealkylation sites (N-methyl/N-ethyl adjacent to an activating group) is 1. The van der Waals surface area contributed by atoms with E-state index in [4.69, 9.17) is 4.74 Å². The van der Waals surface area contributed by atoms with Gasteiger partial charge in [-0.3, -0.25) is 14.9 Å². The summed E-state index contributed by atoms with van der Waals surface area (Å²) in [6.07, 6.45) is 2.42. The number of amides is 2. The van der Waals surface area contributed by atoms with E-state index in [-0.39, 0.29) is 16.4 Å². The number of nitrogens with one attached hydrogen (secondary N) is 1. The maximum Gasteiger partial charge on any atom is 0.286 e. The van der Waals surface area contributed by atoms with E-state index >= 15 is 0 Å². The fourth-order valence-corrected chi connectivity index (χ4v) is 4.66. The number of nitrogens with zero attached hydrogens (tertiary/aromatic N) is 2. The number of carbonyl (C=O) groups is 2. The zero-order chi connectivity index (χ0) is 20.9. The lowest BCUT2D eigenvalue weighted by molar-refractivity contribution is -0.118. The highest BCUT2D eigenvalue weighted by Gasteiger charge is 2.31. The van der Waals surface area contributed by atoms with Gasteiger partial charge in [0.05, 0.1) is 11.8 Å². The number of hydrogen-bond donors (Lipinski definition) is 1. The van der Waals surface area contributed by atoms with Gasteiger partial charge in [0.2, 0.25) is 5.91 Å². The van der Waals surface area contributed by atoms with Gasteiger partial charge in [0.1, 0.15) is 18.2 Å². The van der Waals surface area contributed by atoms with Crippen molar-refractivity contribution in [3.05, 3.63) is 65.7 Å². The van der Waals surface area contributed by atoms with E-state index in [0.717, 1.165) is 34.5 Å². The zero-order valence-corrected chi connectivity index (χ0v) is 18.0. The molecule has 4 rings (SSSR count). The van der Waals surface area contributed by atoms with Gasteiger partial charge in [-0.2, -0.15) is 0 Å². The molecule has 8 heteroatoms. The summed E-state index contributed by atoms with van der Waals surface area (Å²) in [5.74, 6) is 1.45. The van der Waals surface area contributed by atoms with Crippen LogP contribution in [-0.2, 0) is 11.2 Å². The number of thioether (sulfide) groups is 1. The number of benzene rings is 1. The molecule has 1 aliphatic rings. The van der Waals surface area contributed by atoms with E-state index in [1.54, 1.807) is 11.3 Å². The summed E-state index contributed by atoms with van der Waals surface area (Å²) >= 11 is 2.75. The van der Waals surface area contributed by atoms with Gasteiger partial charge in [-0.25, -0.2) is 4.98 Å². The largest absolute Gasteiger partial charge is 0.492 e. The molecule has 1 saturated heterocycles. The molecule has 1 aliphatic heterocycles. The Labute approximate surface area is 183 Å². The fraction of sp³-hybridized carbons (Fsp3) is 0.227. The Hall–Kier alpha value is -2.84. The molecule has 0 saturated carbocycles. The molecule has 2 amide bonds. The first kappa shape index (κ1) is 20.4. The van der Waals surface area contributed by atoms with E-state index in [1.807, 2.05) is 49.6 Å². The van der Waals surface area contributed by atoms with E-state index in [1.165, 1.54) is 4.88 Å². The van der Waals surface area contributed by atoms with Gasteiger partial charge in [-0.1, -0.05) is 30.0 Å². The normalized spacial score (nSPS) is 15.8. The summed E-state index contributed by atoms with van der Waals surface area (Å²) in [6.45, 7) is 1.23. The maximum atomic E-state index is 11.7. The third-order valence-corrected chi connectivity index (χ3v) is 6.65. The number of aromatic nitrogens is 1. The van der Waals surface area contributed by atoms with Gasteiger partial charge in [0.15, 0.2) is 0 Å². The predicted molar refractivity (Wildman–Crippen MR) is 121 cm³/mol. The van der Waals surface area contributed by atoms with Crippen LogP contribution in [0.1, 0.15) is 5.56 Å². The summed E-state index contributed by atoms with van der Waals surface area (Å²) in [5.41, 5.74) is 2.12. The number of rotatable bonds is 8. The van der Waals surface area contributed by atoms with Gasteiger partial charge in [-0.05, 0) is 47.7 Å². The molecule has 30 heavy (non-hydrogen) atoms. The first-order valence-electron chi connectivity index (χ1n) is 9.53. The SMILES string of the molecule is CN(CCOc1ccc(CC2SC(=O)NC2=O)cc1)c1ccc(-c2cccs2)cn1. The third kappa shape index (κ3) is 5.01. The van der Waals surface area contributed by atoms with Crippen molar-refractivity contribution in [1.29, 1.82) is 0 Å². The van der Waals surface area contributed by atoms with Crippen molar-refractivity contribution in [1.82, 2.24) is 10.3 Å². The highest BCUT2D eigenvalue weighted by atomic mass is 32.2. The van der Waals surface area contributed by atoms with Crippen LogP contribution in [-0.4, -0.2) is 41.6 Å². The number of anilines is 1. The highest BCUT2D eigenvalue weighted by molar-refractivity contribution is 8.15. The minimum atomic E-state index is -0.350. The Bertz CT molecular complexity index is 1010.